The summed E-state index contributed by atoms with van der Waals surface area (Å²) in [6, 6.07) is 15.4. The van der Waals surface area contributed by atoms with Crippen molar-refractivity contribution in [1.29, 1.82) is 0 Å². The van der Waals surface area contributed by atoms with Crippen molar-refractivity contribution in [2.75, 3.05) is 18.4 Å². The second kappa shape index (κ2) is 8.95. The number of aromatic nitrogens is 2. The summed E-state index contributed by atoms with van der Waals surface area (Å²) in [4.78, 5) is 31.8. The van der Waals surface area contributed by atoms with Gasteiger partial charge in [0, 0.05) is 37.1 Å². The highest BCUT2D eigenvalue weighted by Crippen LogP contribution is 2.23. The van der Waals surface area contributed by atoms with E-state index in [0.717, 1.165) is 23.4 Å². The van der Waals surface area contributed by atoms with Crippen LogP contribution in [-0.2, 0) is 11.2 Å². The SMILES string of the molecule is CCc1ccccc1NC(=O)C1CCN(C(=O)c2cccn2-c2cccnc2)CC1. The third-order valence-electron chi connectivity index (χ3n) is 5.70. The van der Waals surface area contributed by atoms with Crippen LogP contribution in [0.1, 0.15) is 35.8 Å². The average molecular weight is 402 g/mol. The molecular formula is C24H26N4O2. The molecule has 0 spiro atoms. The van der Waals surface area contributed by atoms with E-state index in [0.29, 0.717) is 31.6 Å². The van der Waals surface area contributed by atoms with E-state index in [1.165, 1.54) is 0 Å². The second-order valence-corrected chi connectivity index (χ2v) is 7.54. The van der Waals surface area contributed by atoms with E-state index in [2.05, 4.69) is 17.2 Å². The first-order valence-electron chi connectivity index (χ1n) is 10.4. The molecule has 0 unspecified atom stereocenters. The number of piperidine rings is 1. The lowest BCUT2D eigenvalue weighted by atomic mass is 9.95. The highest BCUT2D eigenvalue weighted by Gasteiger charge is 2.29. The summed E-state index contributed by atoms with van der Waals surface area (Å²) in [5.74, 6) is -0.0511. The van der Waals surface area contributed by atoms with Crippen molar-refractivity contribution in [2.45, 2.75) is 26.2 Å². The summed E-state index contributed by atoms with van der Waals surface area (Å²) >= 11 is 0. The average Bonchev–Trinajstić information content (AvgIpc) is 3.29. The van der Waals surface area contributed by atoms with Gasteiger partial charge in [-0.3, -0.25) is 14.6 Å². The fourth-order valence-corrected chi connectivity index (χ4v) is 3.97. The number of benzene rings is 1. The first-order valence-corrected chi connectivity index (χ1v) is 10.4. The van der Waals surface area contributed by atoms with Crippen LogP contribution in [0, 0.1) is 5.92 Å². The van der Waals surface area contributed by atoms with Crippen molar-refractivity contribution in [1.82, 2.24) is 14.5 Å². The fourth-order valence-electron chi connectivity index (χ4n) is 3.97. The van der Waals surface area contributed by atoms with E-state index >= 15 is 0 Å². The number of nitrogens with zero attached hydrogens (tertiary/aromatic N) is 3. The third-order valence-corrected chi connectivity index (χ3v) is 5.70. The Balaban J connectivity index is 1.39. The largest absolute Gasteiger partial charge is 0.337 e. The number of carbonyl (C=O) groups excluding carboxylic acids is 2. The number of aryl methyl sites for hydroxylation is 1. The molecule has 30 heavy (non-hydrogen) atoms. The van der Waals surface area contributed by atoms with Crippen molar-refractivity contribution in [3.63, 3.8) is 0 Å². The van der Waals surface area contributed by atoms with Gasteiger partial charge in [0.25, 0.3) is 5.91 Å². The summed E-state index contributed by atoms with van der Waals surface area (Å²) in [5.41, 5.74) is 3.49. The predicted octanol–water partition coefficient (Wildman–Crippen LogP) is 3.93. The first-order chi connectivity index (χ1) is 14.7. The molecule has 3 heterocycles. The molecule has 0 atom stereocenters. The van der Waals surface area contributed by atoms with Gasteiger partial charge in [-0.05, 0) is 55.2 Å². The Bertz CT molecular complexity index is 1020. The molecule has 1 fully saturated rings. The normalized spacial score (nSPS) is 14.5. The Kier molecular flexibility index (Phi) is 5.93. The van der Waals surface area contributed by atoms with Crippen LogP contribution in [0.4, 0.5) is 5.69 Å². The molecule has 1 N–H and O–H groups in total. The Morgan fingerprint density at radius 2 is 1.87 bits per heavy atom. The topological polar surface area (TPSA) is 67.2 Å². The van der Waals surface area contributed by atoms with Gasteiger partial charge in [0.15, 0.2) is 0 Å². The van der Waals surface area contributed by atoms with Crippen molar-refractivity contribution in [3.05, 3.63) is 78.4 Å². The minimum absolute atomic E-state index is 0.0148. The van der Waals surface area contributed by atoms with E-state index in [1.54, 1.807) is 12.4 Å². The molecule has 2 aromatic heterocycles. The number of rotatable bonds is 5. The highest BCUT2D eigenvalue weighted by atomic mass is 16.2. The molecule has 4 rings (SSSR count). The lowest BCUT2D eigenvalue weighted by Crippen LogP contribution is -2.42. The van der Waals surface area contributed by atoms with Gasteiger partial charge < -0.3 is 14.8 Å². The number of para-hydroxylation sites is 1. The van der Waals surface area contributed by atoms with Gasteiger partial charge in [0.2, 0.25) is 5.91 Å². The second-order valence-electron chi connectivity index (χ2n) is 7.54. The maximum absolute atomic E-state index is 13.1. The van der Waals surface area contributed by atoms with E-state index in [9.17, 15) is 9.59 Å². The Hall–Kier alpha value is -3.41. The van der Waals surface area contributed by atoms with Crippen molar-refractivity contribution >= 4 is 17.5 Å². The van der Waals surface area contributed by atoms with Gasteiger partial charge in [-0.1, -0.05) is 25.1 Å². The van der Waals surface area contributed by atoms with Crippen LogP contribution in [-0.4, -0.2) is 39.4 Å². The molecule has 154 valence electrons. The molecule has 6 heteroatoms. The molecule has 1 saturated heterocycles. The quantitative estimate of drug-likeness (QED) is 0.703. The standard InChI is InChI=1S/C24H26N4O2/c1-2-18-7-3-4-9-21(18)26-23(29)19-11-15-27(16-12-19)24(30)22-10-6-14-28(22)20-8-5-13-25-17-20/h3-10,13-14,17,19H,2,11-12,15-16H2,1H3,(H,26,29). The minimum Gasteiger partial charge on any atom is -0.337 e. The Morgan fingerprint density at radius 3 is 2.60 bits per heavy atom. The number of carbonyl (C=O) groups is 2. The molecule has 0 radical (unpaired) electrons. The van der Waals surface area contributed by atoms with Gasteiger partial charge in [0.05, 0.1) is 11.9 Å². The van der Waals surface area contributed by atoms with E-state index in [-0.39, 0.29) is 17.7 Å². The van der Waals surface area contributed by atoms with Crippen LogP contribution < -0.4 is 5.32 Å². The molecule has 3 aromatic rings. The van der Waals surface area contributed by atoms with Crippen molar-refractivity contribution < 1.29 is 9.59 Å². The Morgan fingerprint density at radius 1 is 1.07 bits per heavy atom. The number of pyridine rings is 1. The third kappa shape index (κ3) is 4.13. The zero-order chi connectivity index (χ0) is 20.9. The number of hydrogen-bond acceptors (Lipinski definition) is 3. The smallest absolute Gasteiger partial charge is 0.270 e. The summed E-state index contributed by atoms with van der Waals surface area (Å²) < 4.78 is 1.86. The number of nitrogens with one attached hydrogen (secondary N) is 1. The van der Waals surface area contributed by atoms with Gasteiger partial charge in [-0.15, -0.1) is 0 Å². The maximum Gasteiger partial charge on any atom is 0.270 e. The zero-order valence-electron chi connectivity index (χ0n) is 17.1. The molecule has 1 aliphatic rings. The zero-order valence-corrected chi connectivity index (χ0v) is 17.1. The highest BCUT2D eigenvalue weighted by molar-refractivity contribution is 5.95. The Labute approximate surface area is 176 Å². The molecule has 1 aromatic carbocycles. The van der Waals surface area contributed by atoms with Crippen LogP contribution in [0.15, 0.2) is 67.1 Å². The molecule has 0 bridgehead atoms. The van der Waals surface area contributed by atoms with Gasteiger partial charge in [-0.25, -0.2) is 0 Å². The molecule has 2 amide bonds. The number of hydrogen-bond donors (Lipinski definition) is 1. The number of likely N-dealkylation sites (tertiary alicyclic amines) is 1. The van der Waals surface area contributed by atoms with E-state index < -0.39 is 0 Å². The summed E-state index contributed by atoms with van der Waals surface area (Å²) in [5, 5.41) is 3.08. The minimum atomic E-state index is -0.0796. The van der Waals surface area contributed by atoms with E-state index in [1.807, 2.05) is 64.2 Å². The van der Waals surface area contributed by atoms with E-state index in [4.69, 9.17) is 0 Å². The molecule has 6 nitrogen and oxygen atoms in total. The van der Waals surface area contributed by atoms with Crippen LogP contribution in [0.5, 0.6) is 0 Å². The summed E-state index contributed by atoms with van der Waals surface area (Å²) in [6.07, 6.45) is 7.53. The van der Waals surface area contributed by atoms with Crippen molar-refractivity contribution in [3.8, 4) is 5.69 Å². The van der Waals surface area contributed by atoms with Crippen LogP contribution >= 0.6 is 0 Å². The first kappa shape index (κ1) is 19.9. The summed E-state index contributed by atoms with van der Waals surface area (Å²) in [7, 11) is 0. The molecular weight excluding hydrogens is 376 g/mol. The van der Waals surface area contributed by atoms with Gasteiger partial charge in [-0.2, -0.15) is 0 Å². The lowest BCUT2D eigenvalue weighted by Gasteiger charge is -2.31. The van der Waals surface area contributed by atoms with Crippen LogP contribution in [0.3, 0.4) is 0 Å². The van der Waals surface area contributed by atoms with Gasteiger partial charge in [0.1, 0.15) is 5.69 Å². The maximum atomic E-state index is 13.1. The monoisotopic (exact) mass is 402 g/mol. The lowest BCUT2D eigenvalue weighted by molar-refractivity contribution is -0.121. The van der Waals surface area contributed by atoms with Gasteiger partial charge >= 0.3 is 0 Å². The number of amides is 2. The molecule has 0 aliphatic carbocycles. The number of anilines is 1. The predicted molar refractivity (Wildman–Crippen MR) is 117 cm³/mol. The fraction of sp³-hybridized carbons (Fsp3) is 0.292. The van der Waals surface area contributed by atoms with Crippen molar-refractivity contribution in [2.24, 2.45) is 5.92 Å². The molecule has 0 saturated carbocycles. The summed E-state index contributed by atoms with van der Waals surface area (Å²) in [6.45, 7) is 3.23. The van der Waals surface area contributed by atoms with Crippen LogP contribution in [0.2, 0.25) is 0 Å². The van der Waals surface area contributed by atoms with Crippen LogP contribution in [0.25, 0.3) is 5.69 Å². The molecule has 1 aliphatic heterocycles.